The van der Waals surface area contributed by atoms with Gasteiger partial charge in [0, 0.05) is 13.6 Å². The summed E-state index contributed by atoms with van der Waals surface area (Å²) in [4.78, 5) is 13.0. The lowest BCUT2D eigenvalue weighted by Crippen LogP contribution is -2.18. The zero-order valence-corrected chi connectivity index (χ0v) is 10.0. The van der Waals surface area contributed by atoms with Crippen molar-refractivity contribution in [1.82, 2.24) is 4.90 Å². The number of nitrogens with zero attached hydrogens (tertiary/aromatic N) is 1. The van der Waals surface area contributed by atoms with E-state index in [1.807, 2.05) is 13.8 Å². The van der Waals surface area contributed by atoms with Gasteiger partial charge in [-0.2, -0.15) is 0 Å². The van der Waals surface area contributed by atoms with Crippen molar-refractivity contribution >= 4 is 5.91 Å². The number of amides is 1. The third kappa shape index (κ3) is 1.87. The van der Waals surface area contributed by atoms with Gasteiger partial charge in [0.05, 0.1) is 12.7 Å². The molecule has 0 radical (unpaired) electrons. The number of hydrogen-bond donors (Lipinski definition) is 0. The highest BCUT2D eigenvalue weighted by Gasteiger charge is 2.29. The van der Waals surface area contributed by atoms with E-state index in [1.165, 1.54) is 12.0 Å². The van der Waals surface area contributed by atoms with Crippen molar-refractivity contribution in [3.8, 4) is 5.75 Å². The minimum absolute atomic E-state index is 0.118. The second-order valence-corrected chi connectivity index (χ2v) is 3.28. The molecule has 16 heavy (non-hydrogen) atoms. The summed E-state index contributed by atoms with van der Waals surface area (Å²) in [5.74, 6) is -0.719. The molecular weight excluding hydrogens is 209 g/mol. The molecule has 1 heterocycles. The van der Waals surface area contributed by atoms with Crippen molar-refractivity contribution in [1.29, 1.82) is 0 Å². The highest BCUT2D eigenvalue weighted by atomic mass is 19.1. The Morgan fingerprint density at radius 1 is 1.38 bits per heavy atom. The molecule has 0 atom stereocenters. The molecule has 0 N–H and O–H groups in total. The first-order valence-corrected chi connectivity index (χ1v) is 5.26. The number of hydrogen-bond acceptors (Lipinski definition) is 2. The molecule has 3 nitrogen and oxygen atoms in total. The van der Waals surface area contributed by atoms with Gasteiger partial charge in [-0.05, 0) is 11.6 Å². The van der Waals surface area contributed by atoms with Crippen LogP contribution in [0.2, 0.25) is 0 Å². The monoisotopic (exact) mass is 225 g/mol. The molecule has 1 amide bonds. The molecule has 0 bridgehead atoms. The Morgan fingerprint density at radius 2 is 2.00 bits per heavy atom. The van der Waals surface area contributed by atoms with E-state index in [9.17, 15) is 9.18 Å². The van der Waals surface area contributed by atoms with E-state index < -0.39 is 5.82 Å². The number of halogens is 1. The fraction of sp³-hybridized carbons (Fsp3) is 0.417. The molecule has 4 heteroatoms. The van der Waals surface area contributed by atoms with Crippen LogP contribution in [0.4, 0.5) is 4.39 Å². The Kier molecular flexibility index (Phi) is 3.88. The SMILES string of the molecule is CC.COc1ccc2c(c1F)C(=O)N(C)C2. The van der Waals surface area contributed by atoms with Gasteiger partial charge in [-0.3, -0.25) is 4.79 Å². The summed E-state index contributed by atoms with van der Waals surface area (Å²) in [5.41, 5.74) is 0.864. The summed E-state index contributed by atoms with van der Waals surface area (Å²) in [5, 5.41) is 0. The number of carbonyl (C=O) groups is 1. The van der Waals surface area contributed by atoms with Crippen molar-refractivity contribution in [3.05, 3.63) is 29.1 Å². The molecule has 1 aliphatic rings. The van der Waals surface area contributed by atoms with E-state index in [-0.39, 0.29) is 17.2 Å². The third-order valence-electron chi connectivity index (χ3n) is 2.38. The van der Waals surface area contributed by atoms with Crippen molar-refractivity contribution in [2.45, 2.75) is 20.4 Å². The van der Waals surface area contributed by atoms with Crippen LogP contribution < -0.4 is 4.74 Å². The van der Waals surface area contributed by atoms with E-state index >= 15 is 0 Å². The normalized spacial score (nSPS) is 13.1. The van der Waals surface area contributed by atoms with Gasteiger partial charge in [0.1, 0.15) is 0 Å². The minimum Gasteiger partial charge on any atom is -0.494 e. The summed E-state index contributed by atoms with van der Waals surface area (Å²) >= 11 is 0. The fourth-order valence-electron chi connectivity index (χ4n) is 1.64. The molecule has 88 valence electrons. The zero-order chi connectivity index (χ0) is 12.3. The summed E-state index contributed by atoms with van der Waals surface area (Å²) in [6.07, 6.45) is 0. The number of fused-ring (bicyclic) bond motifs is 1. The number of ether oxygens (including phenoxy) is 1. The Labute approximate surface area is 94.8 Å². The topological polar surface area (TPSA) is 29.5 Å². The molecular formula is C12H16FNO2. The maximum Gasteiger partial charge on any atom is 0.257 e. The minimum atomic E-state index is -0.556. The number of benzene rings is 1. The highest BCUT2D eigenvalue weighted by Crippen LogP contribution is 2.29. The Balaban J connectivity index is 0.000000606. The van der Waals surface area contributed by atoms with Gasteiger partial charge >= 0.3 is 0 Å². The molecule has 1 aromatic rings. The lowest BCUT2D eigenvalue weighted by atomic mass is 10.1. The summed E-state index contributed by atoms with van der Waals surface area (Å²) in [6, 6.07) is 3.26. The quantitative estimate of drug-likeness (QED) is 0.734. The van der Waals surface area contributed by atoms with Crippen LogP contribution in [0.3, 0.4) is 0 Å². The van der Waals surface area contributed by atoms with Crippen LogP contribution in [0.15, 0.2) is 12.1 Å². The number of rotatable bonds is 1. The third-order valence-corrected chi connectivity index (χ3v) is 2.38. The average molecular weight is 225 g/mol. The van der Waals surface area contributed by atoms with Gasteiger partial charge < -0.3 is 9.64 Å². The highest BCUT2D eigenvalue weighted by molar-refractivity contribution is 5.98. The van der Waals surface area contributed by atoms with Gasteiger partial charge in [0.25, 0.3) is 5.91 Å². The van der Waals surface area contributed by atoms with E-state index in [4.69, 9.17) is 4.74 Å². The first-order chi connectivity index (χ1) is 7.65. The van der Waals surface area contributed by atoms with E-state index in [2.05, 4.69) is 0 Å². The predicted octanol–water partition coefficient (Wildman–Crippen LogP) is 2.45. The van der Waals surface area contributed by atoms with Crippen LogP contribution in [0.1, 0.15) is 29.8 Å². The summed E-state index contributed by atoms with van der Waals surface area (Å²) < 4.78 is 18.4. The van der Waals surface area contributed by atoms with Gasteiger partial charge in [-0.1, -0.05) is 19.9 Å². The van der Waals surface area contributed by atoms with Crippen LogP contribution >= 0.6 is 0 Å². The van der Waals surface area contributed by atoms with Gasteiger partial charge in [-0.25, -0.2) is 4.39 Å². The van der Waals surface area contributed by atoms with Gasteiger partial charge in [-0.15, -0.1) is 0 Å². The molecule has 0 fully saturated rings. The molecule has 1 aliphatic heterocycles. The fourth-order valence-corrected chi connectivity index (χ4v) is 1.64. The second kappa shape index (κ2) is 4.96. The first-order valence-electron chi connectivity index (χ1n) is 5.26. The lowest BCUT2D eigenvalue weighted by molar-refractivity contribution is 0.0812. The van der Waals surface area contributed by atoms with Crippen LogP contribution in [-0.4, -0.2) is 25.0 Å². The van der Waals surface area contributed by atoms with Crippen LogP contribution in [0, 0.1) is 5.82 Å². The number of carbonyl (C=O) groups excluding carboxylic acids is 1. The van der Waals surface area contributed by atoms with Crippen LogP contribution in [-0.2, 0) is 6.54 Å². The van der Waals surface area contributed by atoms with Crippen molar-refractivity contribution in [2.24, 2.45) is 0 Å². The second-order valence-electron chi connectivity index (χ2n) is 3.28. The van der Waals surface area contributed by atoms with E-state index in [0.29, 0.717) is 6.54 Å². The Bertz CT molecular complexity index is 404. The standard InChI is InChI=1S/C10H10FNO2.C2H6/c1-12-5-6-3-4-7(14-2)9(11)8(6)10(12)13;1-2/h3-4H,5H2,1-2H3;1-2H3. The molecule has 1 aromatic carbocycles. The first kappa shape index (κ1) is 12.5. The van der Waals surface area contributed by atoms with Crippen molar-refractivity contribution < 1.29 is 13.9 Å². The number of methoxy groups -OCH3 is 1. The zero-order valence-electron chi connectivity index (χ0n) is 10.0. The average Bonchev–Trinajstić information content (AvgIpc) is 2.59. The summed E-state index contributed by atoms with van der Waals surface area (Å²) in [6.45, 7) is 4.47. The largest absolute Gasteiger partial charge is 0.494 e. The van der Waals surface area contributed by atoms with Crippen LogP contribution in [0.5, 0.6) is 5.75 Å². The maximum atomic E-state index is 13.6. The van der Waals surface area contributed by atoms with Crippen molar-refractivity contribution in [3.63, 3.8) is 0 Å². The molecule has 0 unspecified atom stereocenters. The maximum absolute atomic E-state index is 13.6. The smallest absolute Gasteiger partial charge is 0.257 e. The Hall–Kier alpha value is -1.58. The molecule has 0 saturated heterocycles. The molecule has 2 rings (SSSR count). The van der Waals surface area contributed by atoms with Gasteiger partial charge in [0.2, 0.25) is 0 Å². The van der Waals surface area contributed by atoms with Crippen molar-refractivity contribution in [2.75, 3.05) is 14.2 Å². The van der Waals surface area contributed by atoms with E-state index in [1.54, 1.807) is 19.2 Å². The predicted molar refractivity (Wildman–Crippen MR) is 60.1 cm³/mol. The lowest BCUT2D eigenvalue weighted by Gasteiger charge is -2.05. The summed E-state index contributed by atoms with van der Waals surface area (Å²) in [7, 11) is 3.03. The molecule has 0 saturated carbocycles. The van der Waals surface area contributed by atoms with E-state index in [0.717, 1.165) is 5.56 Å². The van der Waals surface area contributed by atoms with Crippen LogP contribution in [0.25, 0.3) is 0 Å². The Morgan fingerprint density at radius 3 is 2.56 bits per heavy atom. The molecule has 0 aromatic heterocycles. The van der Waals surface area contributed by atoms with Gasteiger partial charge in [0.15, 0.2) is 11.6 Å². The molecule has 0 aliphatic carbocycles. The molecule has 0 spiro atoms.